The molecule has 0 saturated carbocycles. The summed E-state index contributed by atoms with van der Waals surface area (Å²) in [6.07, 6.45) is 10.8. The van der Waals surface area contributed by atoms with Gasteiger partial charge in [-0.15, -0.1) is 0 Å². The van der Waals surface area contributed by atoms with E-state index >= 15 is 0 Å². The highest BCUT2D eigenvalue weighted by Gasteiger charge is 2.23. The maximum absolute atomic E-state index is 12.9. The number of ether oxygens (including phenoxy) is 5. The third kappa shape index (κ3) is 18.3. The molecular weight excluding hydrogens is 806 g/mol. The van der Waals surface area contributed by atoms with Gasteiger partial charge in [0.15, 0.2) is 6.10 Å². The second-order valence-corrected chi connectivity index (χ2v) is 15.0. The molecule has 0 N–H and O–H groups in total. The van der Waals surface area contributed by atoms with Gasteiger partial charge < -0.3 is 23.7 Å². The molecule has 1 atom stereocenters. The molecule has 15 heteroatoms. The molecule has 0 spiro atoms. The quantitative estimate of drug-likeness (QED) is 0.0414. The van der Waals surface area contributed by atoms with E-state index in [1.54, 1.807) is 47.2 Å². The summed E-state index contributed by atoms with van der Waals surface area (Å²) < 4.78 is 29.6. The Hall–Kier alpha value is -3.35. The first-order chi connectivity index (χ1) is 27.0. The van der Waals surface area contributed by atoms with Crippen LogP contribution in [0.4, 0.5) is 0 Å². The van der Waals surface area contributed by atoms with Crippen molar-refractivity contribution in [3.63, 3.8) is 0 Å². The highest BCUT2D eigenvalue weighted by molar-refractivity contribution is 6.35. The van der Waals surface area contributed by atoms with Crippen molar-refractivity contribution < 1.29 is 42.9 Å². The number of benzene rings is 2. The smallest absolute Gasteiger partial charge is 0.314 e. The summed E-state index contributed by atoms with van der Waals surface area (Å²) in [5.74, 6) is -2.36. The first-order valence-electron chi connectivity index (χ1n) is 19.2. The molecule has 0 radical (unpaired) electrons. The predicted octanol–water partition coefficient (Wildman–Crippen LogP) is 10.9. The van der Waals surface area contributed by atoms with Crippen molar-refractivity contribution in [3.05, 3.63) is 80.0 Å². The fourth-order valence-electron chi connectivity index (χ4n) is 5.53. The standard InChI is InChI=1S/C41H52Cl4N2O9/c1-3-5-7-9-11-13-37(48)53-27-32(28-54-38(49)14-12-10-8-6-4-2)55-39(50)19-20-40(51)56-41-46-21-22-47(41)25-36(33-18-17-31(43)24-35(33)45)52-26-29-15-16-30(42)23-34(29)44/h15-18,21-24,32,36H,3-14,19-20,25-28H2,1-2H3. The Morgan fingerprint density at radius 2 is 1.25 bits per heavy atom. The lowest BCUT2D eigenvalue weighted by Gasteiger charge is -2.21. The van der Waals surface area contributed by atoms with Crippen molar-refractivity contribution in [2.45, 2.75) is 129 Å². The number of esters is 4. The lowest BCUT2D eigenvalue weighted by Crippen LogP contribution is -2.31. The molecule has 0 fully saturated rings. The Bertz CT molecular complexity index is 1660. The van der Waals surface area contributed by atoms with Gasteiger partial charge in [0.25, 0.3) is 0 Å². The summed E-state index contributed by atoms with van der Waals surface area (Å²) >= 11 is 25.1. The number of halogens is 4. The third-order valence-electron chi connectivity index (χ3n) is 8.67. The van der Waals surface area contributed by atoms with Gasteiger partial charge in [0.2, 0.25) is 0 Å². The van der Waals surface area contributed by atoms with Crippen molar-refractivity contribution in [1.82, 2.24) is 9.55 Å². The zero-order valence-corrected chi connectivity index (χ0v) is 35.1. The molecule has 0 aliphatic heterocycles. The third-order valence-corrected chi connectivity index (χ3v) is 9.82. The van der Waals surface area contributed by atoms with Crippen LogP contribution in [0.15, 0.2) is 48.8 Å². The number of unbranched alkanes of at least 4 members (excludes halogenated alkanes) is 8. The molecule has 0 aliphatic carbocycles. The predicted molar refractivity (Wildman–Crippen MR) is 216 cm³/mol. The van der Waals surface area contributed by atoms with Crippen molar-refractivity contribution >= 4 is 70.3 Å². The Morgan fingerprint density at radius 3 is 1.84 bits per heavy atom. The molecule has 1 heterocycles. The van der Waals surface area contributed by atoms with E-state index in [1.165, 1.54) is 6.20 Å². The fraction of sp³-hybridized carbons (Fsp3) is 0.537. The van der Waals surface area contributed by atoms with Crippen molar-refractivity contribution in [2.24, 2.45) is 0 Å². The summed E-state index contributed by atoms with van der Waals surface area (Å²) in [7, 11) is 0. The Balaban J connectivity index is 1.57. The second-order valence-electron chi connectivity index (χ2n) is 13.3. The van der Waals surface area contributed by atoms with Crippen LogP contribution in [-0.4, -0.2) is 52.7 Å². The van der Waals surface area contributed by atoms with Crippen molar-refractivity contribution in [1.29, 1.82) is 0 Å². The van der Waals surface area contributed by atoms with E-state index in [9.17, 15) is 19.2 Å². The van der Waals surface area contributed by atoms with Gasteiger partial charge >= 0.3 is 29.9 Å². The Kier molecular flexibility index (Phi) is 22.3. The SMILES string of the molecule is CCCCCCCC(=O)OCC(COC(=O)CCCCCCC)OC(=O)CCC(=O)Oc1nccn1CC(OCc1ccc(Cl)cc1Cl)c1ccc(Cl)cc1Cl. The van der Waals surface area contributed by atoms with Gasteiger partial charge in [-0.3, -0.25) is 23.7 Å². The van der Waals surface area contributed by atoms with Crippen LogP contribution in [0, 0.1) is 0 Å². The summed E-state index contributed by atoms with van der Waals surface area (Å²) in [5.41, 5.74) is 1.32. The summed E-state index contributed by atoms with van der Waals surface area (Å²) in [5, 5.41) is 1.74. The second kappa shape index (κ2) is 26.5. The van der Waals surface area contributed by atoms with Crippen LogP contribution in [0.2, 0.25) is 20.1 Å². The molecule has 3 rings (SSSR count). The number of hydrogen-bond acceptors (Lipinski definition) is 10. The summed E-state index contributed by atoms with van der Waals surface area (Å²) in [6.45, 7) is 3.91. The average Bonchev–Trinajstić information content (AvgIpc) is 3.59. The highest BCUT2D eigenvalue weighted by Crippen LogP contribution is 2.32. The maximum atomic E-state index is 12.9. The zero-order chi connectivity index (χ0) is 40.7. The van der Waals surface area contributed by atoms with Crippen LogP contribution in [0.5, 0.6) is 6.01 Å². The van der Waals surface area contributed by atoms with Crippen molar-refractivity contribution in [2.75, 3.05) is 13.2 Å². The van der Waals surface area contributed by atoms with Gasteiger partial charge in [-0.25, -0.2) is 4.98 Å². The van der Waals surface area contributed by atoms with Crippen LogP contribution in [0.3, 0.4) is 0 Å². The van der Waals surface area contributed by atoms with E-state index in [4.69, 9.17) is 70.1 Å². The van der Waals surface area contributed by atoms with Gasteiger partial charge in [0, 0.05) is 50.9 Å². The molecule has 0 amide bonds. The van der Waals surface area contributed by atoms with E-state index in [0.29, 0.717) is 44.1 Å². The first kappa shape index (κ1) is 47.0. The number of imidazole rings is 1. The molecule has 308 valence electrons. The number of nitrogens with zero attached hydrogens (tertiary/aromatic N) is 2. The minimum absolute atomic E-state index is 0.0346. The maximum Gasteiger partial charge on any atom is 0.314 e. The molecule has 0 bridgehead atoms. The molecule has 1 unspecified atom stereocenters. The molecule has 11 nitrogen and oxygen atoms in total. The largest absolute Gasteiger partial charge is 0.462 e. The number of carbonyl (C=O) groups excluding carboxylic acids is 4. The van der Waals surface area contributed by atoms with Crippen LogP contribution in [0.1, 0.15) is 121 Å². The fourth-order valence-corrected chi connectivity index (χ4v) is 6.52. The van der Waals surface area contributed by atoms with Crippen LogP contribution in [0.25, 0.3) is 0 Å². The van der Waals surface area contributed by atoms with Crippen LogP contribution >= 0.6 is 46.4 Å². The molecule has 2 aromatic carbocycles. The molecule has 56 heavy (non-hydrogen) atoms. The number of rotatable bonds is 27. The summed E-state index contributed by atoms with van der Waals surface area (Å²) in [4.78, 5) is 54.7. The van der Waals surface area contributed by atoms with Crippen LogP contribution < -0.4 is 4.74 Å². The Labute approximate surface area is 349 Å². The normalized spacial score (nSPS) is 11.7. The van der Waals surface area contributed by atoms with Gasteiger partial charge in [-0.05, 0) is 42.7 Å². The number of hydrogen-bond donors (Lipinski definition) is 0. The van der Waals surface area contributed by atoms with E-state index in [1.807, 2.05) is 0 Å². The van der Waals surface area contributed by atoms with Gasteiger partial charge in [0.05, 0.1) is 26.0 Å². The zero-order valence-electron chi connectivity index (χ0n) is 32.1. The molecular formula is C41H52Cl4N2O9. The number of carbonyl (C=O) groups is 4. The highest BCUT2D eigenvalue weighted by atomic mass is 35.5. The molecule has 3 aromatic rings. The average molecular weight is 859 g/mol. The Morgan fingerprint density at radius 1 is 0.679 bits per heavy atom. The monoisotopic (exact) mass is 856 g/mol. The van der Waals surface area contributed by atoms with E-state index in [-0.39, 0.29) is 58.1 Å². The molecule has 0 aliphatic rings. The minimum Gasteiger partial charge on any atom is -0.462 e. The lowest BCUT2D eigenvalue weighted by molar-refractivity contribution is -0.167. The van der Waals surface area contributed by atoms with Gasteiger partial charge in [-0.2, -0.15) is 0 Å². The van der Waals surface area contributed by atoms with E-state index in [0.717, 1.165) is 51.4 Å². The van der Waals surface area contributed by atoms with Gasteiger partial charge in [0.1, 0.15) is 19.3 Å². The minimum atomic E-state index is -1.04. The lowest BCUT2D eigenvalue weighted by atomic mass is 10.1. The van der Waals surface area contributed by atoms with Crippen molar-refractivity contribution in [3.8, 4) is 6.01 Å². The first-order valence-corrected chi connectivity index (χ1v) is 20.7. The van der Waals surface area contributed by atoms with Crippen LogP contribution in [-0.2, 0) is 51.3 Å². The van der Waals surface area contributed by atoms with E-state index < -0.39 is 36.1 Å². The molecule has 0 saturated heterocycles. The van der Waals surface area contributed by atoms with Gasteiger partial charge in [-0.1, -0.05) is 124 Å². The molecule has 1 aromatic heterocycles. The number of aromatic nitrogens is 2. The topological polar surface area (TPSA) is 132 Å². The summed E-state index contributed by atoms with van der Waals surface area (Å²) in [6, 6.07) is 10.1. The van der Waals surface area contributed by atoms with E-state index in [2.05, 4.69) is 18.8 Å².